The Bertz CT molecular complexity index is 598. The molecule has 4 nitrogen and oxygen atoms in total. The quantitative estimate of drug-likeness (QED) is 0.937. The fourth-order valence-corrected chi connectivity index (χ4v) is 2.56. The number of aromatic nitrogens is 1. The number of hydrogen-bond acceptors (Lipinski definition) is 4. The molecule has 0 unspecified atom stereocenters. The van der Waals surface area contributed by atoms with Gasteiger partial charge >= 0.3 is 0 Å². The summed E-state index contributed by atoms with van der Waals surface area (Å²) in [4.78, 5) is 6.62. The number of rotatable bonds is 3. The number of aliphatic hydroxyl groups excluding tert-OH is 1. The maximum absolute atomic E-state index is 9.84. The van der Waals surface area contributed by atoms with Crippen molar-refractivity contribution in [3.05, 3.63) is 48.3 Å². The second-order valence-corrected chi connectivity index (χ2v) is 5.19. The van der Waals surface area contributed by atoms with E-state index in [-0.39, 0.29) is 0 Å². The van der Waals surface area contributed by atoms with Crippen LogP contribution in [0.3, 0.4) is 0 Å². The van der Waals surface area contributed by atoms with Crippen LogP contribution in [-0.2, 0) is 0 Å². The molecule has 0 amide bonds. The summed E-state index contributed by atoms with van der Waals surface area (Å²) in [6.07, 6.45) is 2.98. The molecule has 1 aromatic carbocycles. The molecule has 0 bridgehead atoms. The van der Waals surface area contributed by atoms with Gasteiger partial charge in [-0.1, -0.05) is 19.1 Å². The number of fused-ring (bicyclic) bond motifs is 1. The molecular formula is C17H20N2O2. The second kappa shape index (κ2) is 6.14. The van der Waals surface area contributed by atoms with E-state index < -0.39 is 6.10 Å². The predicted octanol–water partition coefficient (Wildman–Crippen LogP) is 3.45. The van der Waals surface area contributed by atoms with E-state index in [9.17, 15) is 5.11 Å². The van der Waals surface area contributed by atoms with Gasteiger partial charge in [0.1, 0.15) is 5.75 Å². The van der Waals surface area contributed by atoms with E-state index in [2.05, 4.69) is 16.0 Å². The van der Waals surface area contributed by atoms with Gasteiger partial charge in [-0.15, -0.1) is 0 Å². The molecule has 1 aliphatic heterocycles. The van der Waals surface area contributed by atoms with Gasteiger partial charge in [-0.3, -0.25) is 4.98 Å². The van der Waals surface area contributed by atoms with E-state index in [0.717, 1.165) is 42.4 Å². The Kier molecular flexibility index (Phi) is 4.06. The Balaban J connectivity index is 1.93. The summed E-state index contributed by atoms with van der Waals surface area (Å²) >= 11 is 0. The third kappa shape index (κ3) is 2.85. The molecule has 0 saturated heterocycles. The van der Waals surface area contributed by atoms with E-state index in [0.29, 0.717) is 6.42 Å². The van der Waals surface area contributed by atoms with Crippen molar-refractivity contribution >= 4 is 11.4 Å². The molecular weight excluding hydrogens is 264 g/mol. The monoisotopic (exact) mass is 284 g/mol. The minimum Gasteiger partial charge on any atom is -0.491 e. The van der Waals surface area contributed by atoms with Gasteiger partial charge in [0, 0.05) is 6.54 Å². The third-order valence-corrected chi connectivity index (χ3v) is 3.75. The maximum Gasteiger partial charge on any atom is 0.142 e. The minimum absolute atomic E-state index is 0.487. The van der Waals surface area contributed by atoms with Crippen molar-refractivity contribution in [2.24, 2.45) is 0 Å². The van der Waals surface area contributed by atoms with Gasteiger partial charge in [-0.05, 0) is 37.1 Å². The van der Waals surface area contributed by atoms with E-state index in [1.54, 1.807) is 0 Å². The fourth-order valence-electron chi connectivity index (χ4n) is 2.56. The Morgan fingerprint density at radius 1 is 1.29 bits per heavy atom. The summed E-state index contributed by atoms with van der Waals surface area (Å²) in [7, 11) is 0. The van der Waals surface area contributed by atoms with E-state index >= 15 is 0 Å². The zero-order valence-electron chi connectivity index (χ0n) is 12.2. The van der Waals surface area contributed by atoms with Crippen LogP contribution in [0.5, 0.6) is 5.75 Å². The standard InChI is InChI=1S/C17H20N2O2/c1-2-16(20)14-9-8-13(12-18-14)19-10-5-11-21-17-7-4-3-6-15(17)19/h3-4,6-9,12,16,20H,2,5,10-11H2,1H3/t16-/m0/s1. The van der Waals surface area contributed by atoms with E-state index in [1.165, 1.54) is 0 Å². The Hall–Kier alpha value is -2.07. The summed E-state index contributed by atoms with van der Waals surface area (Å²) in [5.74, 6) is 0.910. The molecule has 1 aromatic heterocycles. The Morgan fingerprint density at radius 3 is 2.90 bits per heavy atom. The average Bonchev–Trinajstić information content (AvgIpc) is 2.77. The second-order valence-electron chi connectivity index (χ2n) is 5.19. The molecule has 110 valence electrons. The van der Waals surface area contributed by atoms with Crippen LogP contribution in [0.4, 0.5) is 11.4 Å². The highest BCUT2D eigenvalue weighted by Crippen LogP contribution is 2.35. The molecule has 3 rings (SSSR count). The van der Waals surface area contributed by atoms with Gasteiger partial charge in [0.05, 0.1) is 36.0 Å². The molecule has 0 aliphatic carbocycles. The lowest BCUT2D eigenvalue weighted by Crippen LogP contribution is -2.18. The topological polar surface area (TPSA) is 45.6 Å². The molecule has 1 N–H and O–H groups in total. The van der Waals surface area contributed by atoms with Crippen LogP contribution in [-0.4, -0.2) is 23.2 Å². The first-order valence-corrected chi connectivity index (χ1v) is 7.43. The van der Waals surface area contributed by atoms with Gasteiger partial charge in [0.25, 0.3) is 0 Å². The predicted molar refractivity (Wildman–Crippen MR) is 83.0 cm³/mol. The molecule has 21 heavy (non-hydrogen) atoms. The molecule has 0 fully saturated rings. The van der Waals surface area contributed by atoms with Crippen molar-refractivity contribution in [1.29, 1.82) is 0 Å². The van der Waals surface area contributed by atoms with Crippen molar-refractivity contribution in [3.8, 4) is 5.75 Å². The van der Waals surface area contributed by atoms with Crippen LogP contribution in [0, 0.1) is 0 Å². The zero-order chi connectivity index (χ0) is 14.7. The molecule has 0 spiro atoms. The van der Waals surface area contributed by atoms with Crippen LogP contribution >= 0.6 is 0 Å². The van der Waals surface area contributed by atoms with Gasteiger partial charge < -0.3 is 14.7 Å². The highest BCUT2D eigenvalue weighted by Gasteiger charge is 2.18. The van der Waals surface area contributed by atoms with E-state index in [1.807, 2.05) is 43.5 Å². The highest BCUT2D eigenvalue weighted by molar-refractivity contribution is 5.69. The van der Waals surface area contributed by atoms with Gasteiger partial charge in [0.15, 0.2) is 0 Å². The van der Waals surface area contributed by atoms with Crippen molar-refractivity contribution in [3.63, 3.8) is 0 Å². The lowest BCUT2D eigenvalue weighted by Gasteiger charge is -2.23. The third-order valence-electron chi connectivity index (χ3n) is 3.75. The van der Waals surface area contributed by atoms with Crippen molar-refractivity contribution in [1.82, 2.24) is 4.98 Å². The van der Waals surface area contributed by atoms with Crippen molar-refractivity contribution in [2.75, 3.05) is 18.1 Å². The number of benzene rings is 1. The fraction of sp³-hybridized carbons (Fsp3) is 0.353. The number of anilines is 2. The molecule has 0 radical (unpaired) electrons. The number of nitrogens with zero attached hydrogens (tertiary/aromatic N) is 2. The van der Waals surface area contributed by atoms with Crippen molar-refractivity contribution < 1.29 is 9.84 Å². The summed E-state index contributed by atoms with van der Waals surface area (Å²) in [6.45, 7) is 3.57. The number of para-hydroxylation sites is 2. The smallest absolute Gasteiger partial charge is 0.142 e. The van der Waals surface area contributed by atoms with E-state index in [4.69, 9.17) is 4.74 Å². The number of aliphatic hydroxyl groups is 1. The Labute approximate surface area is 125 Å². The first-order valence-electron chi connectivity index (χ1n) is 7.43. The summed E-state index contributed by atoms with van der Waals surface area (Å²) in [5, 5.41) is 9.84. The molecule has 0 saturated carbocycles. The van der Waals surface area contributed by atoms with Crippen LogP contribution in [0.15, 0.2) is 42.6 Å². The Morgan fingerprint density at radius 2 is 2.14 bits per heavy atom. The van der Waals surface area contributed by atoms with Gasteiger partial charge in [0.2, 0.25) is 0 Å². The summed E-state index contributed by atoms with van der Waals surface area (Å²) in [6, 6.07) is 12.0. The highest BCUT2D eigenvalue weighted by atomic mass is 16.5. The molecule has 2 heterocycles. The molecule has 1 atom stereocenters. The van der Waals surface area contributed by atoms with Crippen LogP contribution in [0.25, 0.3) is 0 Å². The SMILES string of the molecule is CC[C@H](O)c1ccc(N2CCCOc3ccccc32)cn1. The van der Waals surface area contributed by atoms with Crippen molar-refractivity contribution in [2.45, 2.75) is 25.9 Å². The first-order chi connectivity index (χ1) is 10.3. The van der Waals surface area contributed by atoms with Gasteiger partial charge in [-0.2, -0.15) is 0 Å². The molecule has 4 heteroatoms. The number of ether oxygens (including phenoxy) is 1. The van der Waals surface area contributed by atoms with Crippen LogP contribution in [0.1, 0.15) is 31.6 Å². The largest absolute Gasteiger partial charge is 0.491 e. The lowest BCUT2D eigenvalue weighted by atomic mass is 10.1. The first kappa shape index (κ1) is 13.9. The maximum atomic E-state index is 9.84. The molecule has 1 aliphatic rings. The minimum atomic E-state index is -0.487. The van der Waals surface area contributed by atoms with Crippen LogP contribution < -0.4 is 9.64 Å². The number of pyridine rings is 1. The summed E-state index contributed by atoms with van der Waals surface area (Å²) in [5.41, 5.74) is 2.82. The summed E-state index contributed by atoms with van der Waals surface area (Å²) < 4.78 is 5.78. The zero-order valence-corrected chi connectivity index (χ0v) is 12.2. The van der Waals surface area contributed by atoms with Gasteiger partial charge in [-0.25, -0.2) is 0 Å². The van der Waals surface area contributed by atoms with Crippen LogP contribution in [0.2, 0.25) is 0 Å². The average molecular weight is 284 g/mol. The number of hydrogen-bond donors (Lipinski definition) is 1. The lowest BCUT2D eigenvalue weighted by molar-refractivity contribution is 0.169. The normalized spacial score (nSPS) is 15.8. The molecule has 2 aromatic rings.